The highest BCUT2D eigenvalue weighted by Gasteiger charge is 2.24. The third-order valence-electron chi connectivity index (χ3n) is 5.62. The topological polar surface area (TPSA) is 92.5 Å². The van der Waals surface area contributed by atoms with Crippen LogP contribution in [0.15, 0.2) is 54.6 Å². The van der Waals surface area contributed by atoms with E-state index in [0.29, 0.717) is 37.3 Å². The van der Waals surface area contributed by atoms with Crippen LogP contribution in [0.2, 0.25) is 0 Å². The van der Waals surface area contributed by atoms with Crippen LogP contribution in [0.1, 0.15) is 21.5 Å². The van der Waals surface area contributed by atoms with Gasteiger partial charge in [0.25, 0.3) is 11.6 Å². The van der Waals surface area contributed by atoms with Gasteiger partial charge in [-0.15, -0.1) is 10.2 Å². The molecule has 8 nitrogen and oxygen atoms in total. The molecule has 3 aromatic rings. The fraction of sp³-hybridized carbons (Fsp3) is 0.261. The number of benzene rings is 2. The molecule has 0 atom stereocenters. The average Bonchev–Trinajstić information content (AvgIpc) is 2.79. The molecule has 0 unspecified atom stereocenters. The highest BCUT2D eigenvalue weighted by Crippen LogP contribution is 2.23. The van der Waals surface area contributed by atoms with Gasteiger partial charge >= 0.3 is 0 Å². The minimum Gasteiger partial charge on any atom is -0.352 e. The number of nitrogens with zero attached hydrogens (tertiary/aromatic N) is 5. The van der Waals surface area contributed by atoms with Gasteiger partial charge in [-0.3, -0.25) is 14.9 Å². The molecule has 1 aliphatic rings. The minimum absolute atomic E-state index is 0.0338. The number of hydrogen-bond acceptors (Lipinski definition) is 6. The molecule has 0 aliphatic carbocycles. The number of anilines is 1. The molecule has 8 heteroatoms. The number of nitro groups is 1. The predicted octanol–water partition coefficient (Wildman–Crippen LogP) is 3.63. The predicted molar refractivity (Wildman–Crippen MR) is 118 cm³/mol. The summed E-state index contributed by atoms with van der Waals surface area (Å²) in [5, 5.41) is 19.9. The lowest BCUT2D eigenvalue weighted by atomic mass is 10.1. The van der Waals surface area contributed by atoms with Gasteiger partial charge in [0.15, 0.2) is 5.82 Å². The van der Waals surface area contributed by atoms with Gasteiger partial charge in [0, 0.05) is 48.9 Å². The third-order valence-corrected chi connectivity index (χ3v) is 5.62. The van der Waals surface area contributed by atoms with E-state index in [1.807, 2.05) is 43.3 Å². The molecular weight excluding hydrogens is 394 g/mol. The van der Waals surface area contributed by atoms with Gasteiger partial charge in [-0.2, -0.15) is 0 Å². The maximum Gasteiger partial charge on any atom is 0.273 e. The zero-order valence-electron chi connectivity index (χ0n) is 17.5. The summed E-state index contributed by atoms with van der Waals surface area (Å²) in [5.74, 6) is 0.583. The van der Waals surface area contributed by atoms with E-state index in [4.69, 9.17) is 0 Å². The van der Waals surface area contributed by atoms with Crippen molar-refractivity contribution in [2.24, 2.45) is 0 Å². The van der Waals surface area contributed by atoms with E-state index in [-0.39, 0.29) is 11.6 Å². The summed E-state index contributed by atoms with van der Waals surface area (Å²) in [6.07, 6.45) is 0. The molecule has 0 spiro atoms. The lowest BCUT2D eigenvalue weighted by molar-refractivity contribution is -0.385. The van der Waals surface area contributed by atoms with Crippen molar-refractivity contribution < 1.29 is 9.72 Å². The van der Waals surface area contributed by atoms with Crippen molar-refractivity contribution in [2.75, 3.05) is 31.1 Å². The van der Waals surface area contributed by atoms with E-state index in [2.05, 4.69) is 15.1 Å². The molecule has 0 bridgehead atoms. The lowest BCUT2D eigenvalue weighted by Crippen LogP contribution is -2.49. The lowest BCUT2D eigenvalue weighted by Gasteiger charge is -2.35. The Morgan fingerprint density at radius 3 is 2.32 bits per heavy atom. The Morgan fingerprint density at radius 1 is 0.935 bits per heavy atom. The monoisotopic (exact) mass is 417 g/mol. The van der Waals surface area contributed by atoms with Crippen LogP contribution in [0.5, 0.6) is 0 Å². The molecule has 31 heavy (non-hydrogen) atoms. The van der Waals surface area contributed by atoms with Crippen LogP contribution < -0.4 is 4.90 Å². The summed E-state index contributed by atoms with van der Waals surface area (Å²) in [7, 11) is 0. The van der Waals surface area contributed by atoms with Crippen LogP contribution in [-0.4, -0.2) is 52.1 Å². The van der Waals surface area contributed by atoms with Gasteiger partial charge in [-0.25, -0.2) is 0 Å². The number of amides is 1. The Bertz CT molecular complexity index is 1120. The zero-order valence-corrected chi connectivity index (χ0v) is 17.5. The van der Waals surface area contributed by atoms with Crippen LogP contribution in [0, 0.1) is 24.0 Å². The Balaban J connectivity index is 1.42. The molecular formula is C23H23N5O3. The summed E-state index contributed by atoms with van der Waals surface area (Å²) < 4.78 is 0. The second kappa shape index (κ2) is 8.51. The second-order valence-corrected chi connectivity index (χ2v) is 7.63. The largest absolute Gasteiger partial charge is 0.352 e. The summed E-state index contributed by atoms with van der Waals surface area (Å²) in [4.78, 5) is 27.3. The molecule has 4 rings (SSSR count). The van der Waals surface area contributed by atoms with Crippen LogP contribution in [0.25, 0.3) is 11.3 Å². The normalized spacial score (nSPS) is 13.9. The number of carbonyl (C=O) groups is 1. The van der Waals surface area contributed by atoms with E-state index in [0.717, 1.165) is 22.6 Å². The fourth-order valence-electron chi connectivity index (χ4n) is 3.76. The fourth-order valence-corrected chi connectivity index (χ4v) is 3.76. The molecule has 0 saturated carbocycles. The minimum atomic E-state index is -0.455. The maximum atomic E-state index is 12.8. The van der Waals surface area contributed by atoms with Crippen LogP contribution in [-0.2, 0) is 0 Å². The van der Waals surface area contributed by atoms with Crippen LogP contribution in [0.4, 0.5) is 11.5 Å². The highest BCUT2D eigenvalue weighted by molar-refractivity contribution is 5.95. The van der Waals surface area contributed by atoms with E-state index < -0.39 is 4.92 Å². The van der Waals surface area contributed by atoms with Crippen molar-refractivity contribution in [1.29, 1.82) is 0 Å². The Kier molecular flexibility index (Phi) is 5.62. The van der Waals surface area contributed by atoms with Crippen molar-refractivity contribution >= 4 is 17.4 Å². The van der Waals surface area contributed by atoms with Crippen molar-refractivity contribution in [3.05, 3.63) is 81.4 Å². The first-order valence-corrected chi connectivity index (χ1v) is 10.1. The van der Waals surface area contributed by atoms with Gasteiger partial charge in [0.1, 0.15) is 0 Å². The van der Waals surface area contributed by atoms with Crippen molar-refractivity contribution in [2.45, 2.75) is 13.8 Å². The first-order valence-electron chi connectivity index (χ1n) is 10.1. The van der Waals surface area contributed by atoms with E-state index in [1.54, 1.807) is 24.0 Å². The molecule has 1 aromatic heterocycles. The van der Waals surface area contributed by atoms with Crippen molar-refractivity contribution in [3.8, 4) is 11.3 Å². The van der Waals surface area contributed by atoms with Gasteiger partial charge in [0.05, 0.1) is 10.6 Å². The van der Waals surface area contributed by atoms with Crippen LogP contribution in [0.3, 0.4) is 0 Å². The van der Waals surface area contributed by atoms with Gasteiger partial charge < -0.3 is 9.80 Å². The van der Waals surface area contributed by atoms with E-state index in [1.165, 1.54) is 6.07 Å². The molecule has 2 heterocycles. The summed E-state index contributed by atoms with van der Waals surface area (Å²) in [5.41, 5.74) is 3.88. The molecule has 1 fully saturated rings. The number of piperazine rings is 1. The molecule has 2 aromatic carbocycles. The number of hydrogen-bond donors (Lipinski definition) is 0. The standard InChI is InChI=1S/C23H23N5O3/c1-16-5-3-4-6-19(16)20-9-10-22(25-24-20)26-11-13-27(14-12-26)23(29)18-8-7-17(2)21(15-18)28(30)31/h3-10,15H,11-14H2,1-2H3. The summed E-state index contributed by atoms with van der Waals surface area (Å²) >= 11 is 0. The molecule has 1 amide bonds. The molecule has 1 aliphatic heterocycles. The van der Waals surface area contributed by atoms with Gasteiger partial charge in [-0.1, -0.05) is 30.3 Å². The zero-order chi connectivity index (χ0) is 22.0. The van der Waals surface area contributed by atoms with Gasteiger partial charge in [-0.05, 0) is 37.6 Å². The number of aromatic nitrogens is 2. The third kappa shape index (κ3) is 4.23. The first kappa shape index (κ1) is 20.5. The quantitative estimate of drug-likeness (QED) is 0.475. The van der Waals surface area contributed by atoms with Crippen molar-refractivity contribution in [3.63, 3.8) is 0 Å². The second-order valence-electron chi connectivity index (χ2n) is 7.63. The maximum absolute atomic E-state index is 12.8. The molecule has 0 radical (unpaired) electrons. The first-order chi connectivity index (χ1) is 14.9. The molecule has 158 valence electrons. The van der Waals surface area contributed by atoms with Gasteiger partial charge in [0.2, 0.25) is 0 Å². The number of aryl methyl sites for hydroxylation is 2. The Morgan fingerprint density at radius 2 is 1.68 bits per heavy atom. The van der Waals surface area contributed by atoms with Crippen LogP contribution >= 0.6 is 0 Å². The number of carbonyl (C=O) groups excluding carboxylic acids is 1. The van der Waals surface area contributed by atoms with E-state index in [9.17, 15) is 14.9 Å². The van der Waals surface area contributed by atoms with Crippen molar-refractivity contribution in [1.82, 2.24) is 15.1 Å². The SMILES string of the molecule is Cc1ccccc1-c1ccc(N2CCN(C(=O)c3ccc(C)c([N+](=O)[O-])c3)CC2)nn1. The molecule has 0 N–H and O–H groups in total. The van der Waals surface area contributed by atoms with E-state index >= 15 is 0 Å². The summed E-state index contributed by atoms with van der Waals surface area (Å²) in [6.45, 7) is 5.99. The number of rotatable bonds is 4. The molecule has 1 saturated heterocycles. The Labute approximate surface area is 180 Å². The highest BCUT2D eigenvalue weighted by atomic mass is 16.6. The summed E-state index contributed by atoms with van der Waals surface area (Å²) in [6, 6.07) is 16.6. The number of nitro benzene ring substituents is 1. The smallest absolute Gasteiger partial charge is 0.273 e. The Hall–Kier alpha value is -3.81. The average molecular weight is 417 g/mol.